The van der Waals surface area contributed by atoms with Gasteiger partial charge in [-0.2, -0.15) is 0 Å². The van der Waals surface area contributed by atoms with Gasteiger partial charge >= 0.3 is 0 Å². The van der Waals surface area contributed by atoms with Crippen LogP contribution in [-0.2, 0) is 28.6 Å². The maximum absolute atomic E-state index is 11.3. The van der Waals surface area contributed by atoms with E-state index < -0.39 is 82.2 Å². The van der Waals surface area contributed by atoms with Gasteiger partial charge < -0.3 is 38.8 Å². The van der Waals surface area contributed by atoms with Crippen molar-refractivity contribution in [2.45, 2.75) is 53.9 Å². The van der Waals surface area contributed by atoms with Crippen molar-refractivity contribution in [2.24, 2.45) is 0 Å². The fourth-order valence-corrected chi connectivity index (χ4v) is 4.67. The van der Waals surface area contributed by atoms with Gasteiger partial charge in [-0.25, -0.2) is 0 Å². The smallest absolute Gasteiger partial charge is 0.294 e. The molecule has 0 saturated carbocycles. The van der Waals surface area contributed by atoms with Crippen LogP contribution in [0, 0.1) is 30.3 Å². The van der Waals surface area contributed by atoms with Gasteiger partial charge in [0.15, 0.2) is 17.8 Å². The number of ether oxygens (including phenoxy) is 4. The van der Waals surface area contributed by atoms with E-state index in [9.17, 15) is 40.6 Å². The van der Waals surface area contributed by atoms with E-state index in [2.05, 4.69) is 9.68 Å². The Kier molecular flexibility index (Phi) is 4.90. The zero-order valence-corrected chi connectivity index (χ0v) is 15.0. The van der Waals surface area contributed by atoms with Crippen molar-refractivity contribution >= 4 is 0 Å². The van der Waals surface area contributed by atoms with Crippen molar-refractivity contribution in [1.29, 1.82) is 0 Å². The highest BCUT2D eigenvalue weighted by Crippen LogP contribution is 2.49. The van der Waals surface area contributed by atoms with Crippen LogP contribution >= 0.6 is 0 Å². The Labute approximate surface area is 165 Å². The highest BCUT2D eigenvalue weighted by Gasteiger charge is 2.74. The lowest BCUT2D eigenvalue weighted by molar-refractivity contribution is -0.769. The third-order valence-corrected chi connectivity index (χ3v) is 5.73. The van der Waals surface area contributed by atoms with Crippen molar-refractivity contribution in [2.75, 3.05) is 26.4 Å². The Morgan fingerprint density at radius 3 is 2.03 bits per heavy atom. The Morgan fingerprint density at radius 2 is 1.47 bits per heavy atom. The second-order valence-corrected chi connectivity index (χ2v) is 7.47. The minimum absolute atomic E-state index is 0.324. The molecule has 0 amide bonds. The summed E-state index contributed by atoms with van der Waals surface area (Å²) in [5.74, 6) is 0. The van der Waals surface area contributed by atoms with Crippen LogP contribution in [0.4, 0.5) is 0 Å². The molecular formula is C13H17N3O14. The van der Waals surface area contributed by atoms with E-state index in [-0.39, 0.29) is 13.2 Å². The minimum atomic E-state index is -2.43. The molecule has 4 fully saturated rings. The molecule has 4 saturated heterocycles. The lowest BCUT2D eigenvalue weighted by Crippen LogP contribution is -2.65. The number of aliphatic hydroxyl groups is 2. The number of hydrogen-bond acceptors (Lipinski definition) is 14. The summed E-state index contributed by atoms with van der Waals surface area (Å²) in [6, 6.07) is 0. The molecule has 4 aliphatic rings. The van der Waals surface area contributed by atoms with Crippen LogP contribution in [0.15, 0.2) is 0 Å². The summed E-state index contributed by atoms with van der Waals surface area (Å²) in [4.78, 5) is 40.6. The summed E-state index contributed by atoms with van der Waals surface area (Å²) in [5, 5.41) is 52.9. The average Bonchev–Trinajstić information content (AvgIpc) is 3.33. The molecule has 0 aliphatic carbocycles. The fraction of sp³-hybridized carbons (Fsp3) is 1.00. The van der Waals surface area contributed by atoms with E-state index in [0.29, 0.717) is 0 Å². The third kappa shape index (κ3) is 3.10. The molecule has 17 nitrogen and oxygen atoms in total. The quantitative estimate of drug-likeness (QED) is 0.295. The van der Waals surface area contributed by atoms with Gasteiger partial charge in [-0.1, -0.05) is 0 Å². The van der Waals surface area contributed by atoms with Crippen LogP contribution in [0.2, 0.25) is 0 Å². The van der Waals surface area contributed by atoms with Crippen molar-refractivity contribution in [1.82, 2.24) is 0 Å². The molecule has 2 N–H and O–H groups in total. The molecule has 9 atom stereocenters. The van der Waals surface area contributed by atoms with Crippen molar-refractivity contribution in [3.8, 4) is 0 Å². The van der Waals surface area contributed by atoms with Gasteiger partial charge in [0.25, 0.3) is 10.2 Å². The van der Waals surface area contributed by atoms with Gasteiger partial charge in [-0.05, 0) is 0 Å². The maximum Gasteiger partial charge on any atom is 0.294 e. The number of nitrogens with zero attached hydrogens (tertiary/aromatic N) is 3. The van der Waals surface area contributed by atoms with Gasteiger partial charge in [-0.3, -0.25) is 10.1 Å². The Balaban J connectivity index is 1.62. The van der Waals surface area contributed by atoms with Crippen molar-refractivity contribution in [3.63, 3.8) is 0 Å². The lowest BCUT2D eigenvalue weighted by atomic mass is 9.78. The van der Waals surface area contributed by atoms with Gasteiger partial charge in [-0.15, -0.1) is 20.2 Å². The minimum Gasteiger partial charge on any atom is -0.382 e. The van der Waals surface area contributed by atoms with E-state index in [4.69, 9.17) is 18.9 Å². The topological polar surface area (TPSA) is 225 Å². The molecule has 4 aliphatic heterocycles. The summed E-state index contributed by atoms with van der Waals surface area (Å²) >= 11 is 0. The predicted octanol–water partition coefficient (Wildman–Crippen LogP) is -3.16. The number of fused-ring (bicyclic) bond motifs is 2. The Bertz CT molecular complexity index is 753. The molecular weight excluding hydrogens is 422 g/mol. The van der Waals surface area contributed by atoms with E-state index >= 15 is 0 Å². The molecule has 30 heavy (non-hydrogen) atoms. The van der Waals surface area contributed by atoms with Gasteiger partial charge in [0.1, 0.15) is 36.1 Å². The van der Waals surface area contributed by atoms with E-state index in [1.807, 2.05) is 0 Å². The highest BCUT2D eigenvalue weighted by molar-refractivity contribution is 5.20. The SMILES string of the molecule is O=[N+]([O-])C[C@]1(O)C([C@@]2(O)CO[C@@H]3[C@H](O[N+](=O)[O-])CO[C@@H]32)O[C@@H]2[C@H](O[N+](=O)[O-])CO[C@@H]21. The van der Waals surface area contributed by atoms with Crippen LogP contribution in [0.1, 0.15) is 0 Å². The Morgan fingerprint density at radius 1 is 0.900 bits per heavy atom. The summed E-state index contributed by atoms with van der Waals surface area (Å²) in [5.41, 5.74) is -4.63. The van der Waals surface area contributed by atoms with Crippen LogP contribution in [0.3, 0.4) is 0 Å². The molecule has 4 heterocycles. The molecule has 17 heteroatoms. The van der Waals surface area contributed by atoms with Gasteiger partial charge in [0, 0.05) is 4.92 Å². The molecule has 4 rings (SSSR count). The molecule has 0 aromatic rings. The van der Waals surface area contributed by atoms with E-state index in [1.165, 1.54) is 0 Å². The van der Waals surface area contributed by atoms with Crippen molar-refractivity contribution in [3.05, 3.63) is 30.3 Å². The predicted molar refractivity (Wildman–Crippen MR) is 83.4 cm³/mol. The second kappa shape index (κ2) is 7.06. The molecule has 0 spiro atoms. The summed E-state index contributed by atoms with van der Waals surface area (Å²) < 4.78 is 21.7. The monoisotopic (exact) mass is 439 g/mol. The van der Waals surface area contributed by atoms with Crippen LogP contribution in [-0.4, -0.2) is 106 Å². The fourth-order valence-electron chi connectivity index (χ4n) is 4.67. The molecule has 168 valence electrons. The molecule has 0 radical (unpaired) electrons. The first-order valence-corrected chi connectivity index (χ1v) is 8.75. The lowest BCUT2D eigenvalue weighted by Gasteiger charge is -2.39. The molecule has 1 unspecified atom stereocenters. The van der Waals surface area contributed by atoms with Crippen LogP contribution in [0.25, 0.3) is 0 Å². The molecule has 0 bridgehead atoms. The second-order valence-electron chi connectivity index (χ2n) is 7.47. The van der Waals surface area contributed by atoms with Crippen molar-refractivity contribution < 1.29 is 53.9 Å². The Hall–Kier alpha value is -2.44. The standard InChI is InChI=1S/C13H17N3O14/c17-12(3-14(19)20)10-8(6(2-26-10)30-16(23)24)28-11(12)13(18)4-27-7-5(29-15(21)22)1-25-9(7)13/h5-11,17-18H,1-4H2/t5-,6-,7-,8-,9+,10+,11?,12-,13-/m1/s1. The molecule has 0 aromatic carbocycles. The summed E-state index contributed by atoms with van der Waals surface area (Å²) in [6.45, 7) is -2.39. The average molecular weight is 439 g/mol. The zero-order valence-electron chi connectivity index (χ0n) is 15.0. The van der Waals surface area contributed by atoms with Crippen LogP contribution in [0.5, 0.6) is 0 Å². The van der Waals surface area contributed by atoms with E-state index in [0.717, 1.165) is 0 Å². The van der Waals surface area contributed by atoms with Crippen LogP contribution < -0.4 is 0 Å². The van der Waals surface area contributed by atoms with Gasteiger partial charge in [0.2, 0.25) is 6.54 Å². The highest BCUT2D eigenvalue weighted by atomic mass is 17.0. The number of hydrogen-bond donors (Lipinski definition) is 2. The largest absolute Gasteiger partial charge is 0.382 e. The van der Waals surface area contributed by atoms with Gasteiger partial charge in [0.05, 0.1) is 19.8 Å². The molecule has 0 aromatic heterocycles. The third-order valence-electron chi connectivity index (χ3n) is 5.73. The summed E-state index contributed by atoms with van der Waals surface area (Å²) in [6.07, 6.45) is -9.35. The normalized spacial score (nSPS) is 46.9. The first-order chi connectivity index (χ1) is 14.1. The zero-order chi connectivity index (χ0) is 21.8. The first-order valence-electron chi connectivity index (χ1n) is 8.75. The first kappa shape index (κ1) is 20.8. The number of nitro groups is 1. The van der Waals surface area contributed by atoms with E-state index in [1.54, 1.807) is 0 Å². The summed E-state index contributed by atoms with van der Waals surface area (Å²) in [7, 11) is 0. The number of rotatable bonds is 7. The maximum atomic E-state index is 11.3.